The number of aryl methyl sites for hydroxylation is 1. The molecule has 20 heavy (non-hydrogen) atoms. The standard InChI is InChI=1S/C16H19ClN2O/c1-3-9-20-15-6-4-5-14(16(15)18)19-12-8-7-11(2)13(17)10-12/h4-8,10,19H,3,9,18H2,1-2H3. The summed E-state index contributed by atoms with van der Waals surface area (Å²) in [4.78, 5) is 0. The number of anilines is 3. The van der Waals surface area contributed by atoms with Gasteiger partial charge in [0.2, 0.25) is 0 Å². The van der Waals surface area contributed by atoms with Crippen LogP contribution in [0.1, 0.15) is 18.9 Å². The lowest BCUT2D eigenvalue weighted by molar-refractivity contribution is 0.319. The number of hydrogen-bond acceptors (Lipinski definition) is 3. The van der Waals surface area contributed by atoms with Crippen molar-refractivity contribution in [2.45, 2.75) is 20.3 Å². The lowest BCUT2D eigenvalue weighted by atomic mass is 10.2. The minimum Gasteiger partial charge on any atom is -0.491 e. The van der Waals surface area contributed by atoms with Gasteiger partial charge in [-0.15, -0.1) is 0 Å². The maximum Gasteiger partial charge on any atom is 0.144 e. The van der Waals surface area contributed by atoms with Crippen LogP contribution in [0.5, 0.6) is 5.75 Å². The van der Waals surface area contributed by atoms with Crippen molar-refractivity contribution >= 4 is 28.7 Å². The predicted molar refractivity (Wildman–Crippen MR) is 86.1 cm³/mol. The van der Waals surface area contributed by atoms with Crippen LogP contribution in [-0.2, 0) is 0 Å². The number of rotatable bonds is 5. The van der Waals surface area contributed by atoms with Crippen molar-refractivity contribution in [2.24, 2.45) is 0 Å². The summed E-state index contributed by atoms with van der Waals surface area (Å²) in [6, 6.07) is 11.5. The molecule has 0 spiro atoms. The van der Waals surface area contributed by atoms with E-state index in [1.807, 2.05) is 43.3 Å². The maximum absolute atomic E-state index is 6.12. The third-order valence-corrected chi connectivity index (χ3v) is 3.39. The van der Waals surface area contributed by atoms with Crippen LogP contribution in [0.3, 0.4) is 0 Å². The lowest BCUT2D eigenvalue weighted by Crippen LogP contribution is -2.02. The molecule has 0 amide bonds. The quantitative estimate of drug-likeness (QED) is 0.780. The van der Waals surface area contributed by atoms with Gasteiger partial charge in [0.15, 0.2) is 0 Å². The molecule has 0 heterocycles. The normalized spacial score (nSPS) is 10.3. The van der Waals surface area contributed by atoms with Crippen molar-refractivity contribution in [3.8, 4) is 5.75 Å². The van der Waals surface area contributed by atoms with Gasteiger partial charge in [0.1, 0.15) is 5.75 Å². The number of hydrogen-bond donors (Lipinski definition) is 2. The summed E-state index contributed by atoms with van der Waals surface area (Å²) in [6.45, 7) is 4.69. The first-order valence-electron chi connectivity index (χ1n) is 6.66. The van der Waals surface area contributed by atoms with Crippen molar-refractivity contribution in [1.82, 2.24) is 0 Å². The second kappa shape index (κ2) is 6.53. The molecule has 0 radical (unpaired) electrons. The van der Waals surface area contributed by atoms with Gasteiger partial charge in [-0.05, 0) is 43.2 Å². The molecular formula is C16H19ClN2O. The zero-order chi connectivity index (χ0) is 14.5. The number of ether oxygens (including phenoxy) is 1. The van der Waals surface area contributed by atoms with Crippen molar-refractivity contribution in [1.29, 1.82) is 0 Å². The Kier molecular flexibility index (Phi) is 4.74. The molecular weight excluding hydrogens is 272 g/mol. The molecule has 0 fully saturated rings. The van der Waals surface area contributed by atoms with E-state index in [-0.39, 0.29) is 0 Å². The van der Waals surface area contributed by atoms with Crippen LogP contribution in [0.4, 0.5) is 17.1 Å². The molecule has 3 nitrogen and oxygen atoms in total. The number of nitrogen functional groups attached to an aromatic ring is 1. The Morgan fingerprint density at radius 2 is 2.05 bits per heavy atom. The van der Waals surface area contributed by atoms with E-state index < -0.39 is 0 Å². The van der Waals surface area contributed by atoms with Gasteiger partial charge in [0.25, 0.3) is 0 Å². The highest BCUT2D eigenvalue weighted by atomic mass is 35.5. The van der Waals surface area contributed by atoms with Crippen LogP contribution < -0.4 is 15.8 Å². The molecule has 0 aliphatic rings. The van der Waals surface area contributed by atoms with Crippen molar-refractivity contribution < 1.29 is 4.74 Å². The summed E-state index contributed by atoms with van der Waals surface area (Å²) in [5.41, 5.74) is 9.50. The summed E-state index contributed by atoms with van der Waals surface area (Å²) in [5.74, 6) is 0.704. The predicted octanol–water partition coefficient (Wildman–Crippen LogP) is 4.76. The van der Waals surface area contributed by atoms with Gasteiger partial charge in [0.05, 0.1) is 18.0 Å². The van der Waals surface area contributed by atoms with E-state index in [0.717, 1.165) is 28.4 Å². The van der Waals surface area contributed by atoms with E-state index >= 15 is 0 Å². The minimum absolute atomic E-state index is 0.609. The number of nitrogens with two attached hydrogens (primary N) is 1. The lowest BCUT2D eigenvalue weighted by Gasteiger charge is -2.14. The average Bonchev–Trinajstić information content (AvgIpc) is 2.44. The third-order valence-electron chi connectivity index (χ3n) is 2.98. The smallest absolute Gasteiger partial charge is 0.144 e. The molecule has 2 aromatic carbocycles. The van der Waals surface area contributed by atoms with Crippen LogP contribution in [0.25, 0.3) is 0 Å². The van der Waals surface area contributed by atoms with Gasteiger partial charge in [-0.3, -0.25) is 0 Å². The van der Waals surface area contributed by atoms with E-state index in [0.29, 0.717) is 18.0 Å². The molecule has 0 atom stereocenters. The van der Waals surface area contributed by atoms with Crippen LogP contribution in [0.15, 0.2) is 36.4 Å². The number of benzene rings is 2. The van der Waals surface area contributed by atoms with Gasteiger partial charge >= 0.3 is 0 Å². The number of para-hydroxylation sites is 1. The van der Waals surface area contributed by atoms with Crippen LogP contribution in [0, 0.1) is 6.92 Å². The zero-order valence-electron chi connectivity index (χ0n) is 11.7. The summed E-state index contributed by atoms with van der Waals surface area (Å²) in [7, 11) is 0. The molecule has 2 aromatic rings. The van der Waals surface area contributed by atoms with Gasteiger partial charge in [-0.25, -0.2) is 0 Å². The zero-order valence-corrected chi connectivity index (χ0v) is 12.5. The van der Waals surface area contributed by atoms with E-state index in [1.165, 1.54) is 0 Å². The maximum atomic E-state index is 6.12. The third kappa shape index (κ3) is 3.36. The Morgan fingerprint density at radius 1 is 1.25 bits per heavy atom. The molecule has 3 N–H and O–H groups in total. The number of nitrogens with one attached hydrogen (secondary N) is 1. The molecule has 0 aliphatic carbocycles. The van der Waals surface area contributed by atoms with Crippen LogP contribution in [-0.4, -0.2) is 6.61 Å². The van der Waals surface area contributed by atoms with Gasteiger partial charge < -0.3 is 15.8 Å². The first-order chi connectivity index (χ1) is 9.61. The minimum atomic E-state index is 0.609. The van der Waals surface area contributed by atoms with Crippen LogP contribution in [0.2, 0.25) is 5.02 Å². The fraction of sp³-hybridized carbons (Fsp3) is 0.250. The molecule has 0 bridgehead atoms. The highest BCUT2D eigenvalue weighted by molar-refractivity contribution is 6.31. The highest BCUT2D eigenvalue weighted by Crippen LogP contribution is 2.32. The highest BCUT2D eigenvalue weighted by Gasteiger charge is 2.07. The van der Waals surface area contributed by atoms with Crippen molar-refractivity contribution in [2.75, 3.05) is 17.7 Å². The van der Waals surface area contributed by atoms with E-state index in [2.05, 4.69) is 12.2 Å². The topological polar surface area (TPSA) is 47.3 Å². The Hall–Kier alpha value is -1.87. The Morgan fingerprint density at radius 3 is 2.75 bits per heavy atom. The monoisotopic (exact) mass is 290 g/mol. The fourth-order valence-electron chi connectivity index (χ4n) is 1.82. The van der Waals surface area contributed by atoms with Gasteiger partial charge in [0, 0.05) is 10.7 Å². The molecule has 0 saturated carbocycles. The molecule has 0 aromatic heterocycles. The largest absolute Gasteiger partial charge is 0.491 e. The van der Waals surface area contributed by atoms with E-state index in [9.17, 15) is 0 Å². The molecule has 0 unspecified atom stereocenters. The van der Waals surface area contributed by atoms with Crippen LogP contribution >= 0.6 is 11.6 Å². The summed E-state index contributed by atoms with van der Waals surface area (Å²) < 4.78 is 5.62. The first kappa shape index (κ1) is 14.5. The Balaban J connectivity index is 2.22. The average molecular weight is 291 g/mol. The Bertz CT molecular complexity index is 599. The van der Waals surface area contributed by atoms with Gasteiger partial charge in [-0.1, -0.05) is 30.7 Å². The van der Waals surface area contributed by atoms with E-state index in [4.69, 9.17) is 22.1 Å². The summed E-state index contributed by atoms with van der Waals surface area (Å²) in [6.07, 6.45) is 0.949. The molecule has 4 heteroatoms. The summed E-state index contributed by atoms with van der Waals surface area (Å²) >= 11 is 6.12. The van der Waals surface area contributed by atoms with Gasteiger partial charge in [-0.2, -0.15) is 0 Å². The molecule has 0 aliphatic heterocycles. The summed E-state index contributed by atoms with van der Waals surface area (Å²) in [5, 5.41) is 4.00. The number of halogens is 1. The second-order valence-electron chi connectivity index (χ2n) is 4.65. The molecule has 2 rings (SSSR count). The molecule has 0 saturated heterocycles. The molecule has 106 valence electrons. The van der Waals surface area contributed by atoms with Crippen molar-refractivity contribution in [3.05, 3.63) is 47.0 Å². The van der Waals surface area contributed by atoms with Crippen molar-refractivity contribution in [3.63, 3.8) is 0 Å². The Labute approximate surface area is 124 Å². The van der Waals surface area contributed by atoms with E-state index in [1.54, 1.807) is 0 Å². The first-order valence-corrected chi connectivity index (χ1v) is 7.04. The fourth-order valence-corrected chi connectivity index (χ4v) is 2.00. The SMILES string of the molecule is CCCOc1cccc(Nc2ccc(C)c(Cl)c2)c1N. The second-order valence-corrected chi connectivity index (χ2v) is 5.06.